The topological polar surface area (TPSA) is 218 Å². The Morgan fingerprint density at radius 1 is 0.460 bits per heavy atom. The quantitative estimate of drug-likeness (QED) is 0.109. The fraction of sp³-hybridized carbons (Fsp3) is 0.800. The molecule has 6 unspecified atom stereocenters. The molecule has 63 heavy (non-hydrogen) atoms. The second-order valence-corrected chi connectivity index (χ2v) is 23.1. The highest BCUT2D eigenvalue weighted by Gasteiger charge is 2.47. The Hall–Kier alpha value is -4.77. The van der Waals surface area contributed by atoms with E-state index in [1.165, 1.54) is 13.7 Å². The van der Waals surface area contributed by atoms with Crippen molar-refractivity contribution in [2.45, 2.75) is 199 Å². The van der Waals surface area contributed by atoms with Gasteiger partial charge in [0.05, 0.1) is 17.1 Å². The SMILES string of the molecule is CC(C)=NOC(=O)NC1CC(C)(C)CC(C)(Cn2c(=O)n(CC3(C)CC(NC(=O)ON=C(C)C)CC(C)(C)C3)c(=O)n(CC3(C)CC(NC(=O)ON=C(C)C)CC(C)(C)C3)c2=O)C1. The molecule has 354 valence electrons. The van der Waals surface area contributed by atoms with Crippen LogP contribution in [-0.2, 0) is 34.1 Å². The van der Waals surface area contributed by atoms with Gasteiger partial charge in [-0.15, -0.1) is 0 Å². The number of carbonyl (C=O) groups excluding carboxylic acids is 3. The van der Waals surface area contributed by atoms with Crippen LogP contribution < -0.4 is 33.0 Å². The first-order chi connectivity index (χ1) is 28.8. The number of nitrogens with zero attached hydrogens (tertiary/aromatic N) is 6. The standard InChI is InChI=1S/C45H75N9O9/c1-28(2)49-61-34(55)46-31-16-40(7,8)22-43(13,19-31)25-52-37(58)53(26-44(14)20-32(17-41(9,10)23-44)47-35(56)62-50-29(3)4)39(60)54(38(52)59)27-45(15)21-33(18-42(11,12)24-45)48-36(57)63-51-30(5)6/h31-33H,16-27H2,1-15H3,(H,46,55)(H,47,56)(H,48,57). The molecule has 3 saturated carbocycles. The molecule has 0 radical (unpaired) electrons. The molecule has 0 bridgehead atoms. The average Bonchev–Trinajstić information content (AvgIpc) is 3.08. The highest BCUT2D eigenvalue weighted by Crippen LogP contribution is 2.49. The van der Waals surface area contributed by atoms with Gasteiger partial charge in [-0.2, -0.15) is 0 Å². The number of hydrogen-bond acceptors (Lipinski definition) is 12. The molecule has 3 fully saturated rings. The van der Waals surface area contributed by atoms with Crippen molar-refractivity contribution in [1.29, 1.82) is 0 Å². The summed E-state index contributed by atoms with van der Waals surface area (Å²) in [5, 5.41) is 20.2. The average molecular weight is 886 g/mol. The molecule has 18 heteroatoms. The minimum atomic E-state index is -0.716. The summed E-state index contributed by atoms with van der Waals surface area (Å²) in [6, 6.07) is -1.04. The Labute approximate surface area is 372 Å². The molecule has 0 aliphatic heterocycles. The zero-order valence-corrected chi connectivity index (χ0v) is 40.6. The van der Waals surface area contributed by atoms with Crippen molar-refractivity contribution >= 4 is 35.4 Å². The van der Waals surface area contributed by atoms with Gasteiger partial charge in [0.1, 0.15) is 0 Å². The van der Waals surface area contributed by atoms with Gasteiger partial charge in [-0.05, 0) is 132 Å². The van der Waals surface area contributed by atoms with E-state index in [0.717, 1.165) is 0 Å². The number of aromatic nitrogens is 3. The minimum Gasteiger partial charge on any atom is -0.317 e. The number of carbonyl (C=O) groups is 3. The zero-order chi connectivity index (χ0) is 47.5. The van der Waals surface area contributed by atoms with Crippen LogP contribution in [0.5, 0.6) is 0 Å². The van der Waals surface area contributed by atoms with Crippen molar-refractivity contribution in [2.75, 3.05) is 0 Å². The third kappa shape index (κ3) is 14.6. The Morgan fingerprint density at radius 2 is 0.683 bits per heavy atom. The third-order valence-electron chi connectivity index (χ3n) is 12.2. The van der Waals surface area contributed by atoms with E-state index in [9.17, 15) is 28.8 Å². The van der Waals surface area contributed by atoms with Gasteiger partial charge in [0.2, 0.25) is 0 Å². The Balaban J connectivity index is 1.82. The molecule has 1 aromatic rings. The summed E-state index contributed by atoms with van der Waals surface area (Å²) in [5.41, 5.74) is -3.34. The first-order valence-corrected chi connectivity index (χ1v) is 22.2. The smallest absolute Gasteiger partial charge is 0.317 e. The van der Waals surface area contributed by atoms with E-state index < -0.39 is 51.6 Å². The minimum absolute atomic E-state index is 0.0149. The lowest BCUT2D eigenvalue weighted by Crippen LogP contribution is -2.60. The van der Waals surface area contributed by atoms with Gasteiger partial charge in [0.15, 0.2) is 0 Å². The molecular formula is C45H75N9O9. The van der Waals surface area contributed by atoms with Crippen molar-refractivity contribution in [2.24, 2.45) is 48.0 Å². The molecule has 3 amide bonds. The van der Waals surface area contributed by atoms with Crippen LogP contribution >= 0.6 is 0 Å². The van der Waals surface area contributed by atoms with Crippen LogP contribution in [0.3, 0.4) is 0 Å². The molecule has 0 aromatic carbocycles. The second-order valence-electron chi connectivity index (χ2n) is 23.1. The monoisotopic (exact) mass is 886 g/mol. The van der Waals surface area contributed by atoms with E-state index in [2.05, 4.69) is 73.0 Å². The molecule has 4 rings (SSSR count). The fourth-order valence-corrected chi connectivity index (χ4v) is 11.8. The van der Waals surface area contributed by atoms with E-state index in [1.807, 2.05) is 20.8 Å². The summed E-state index contributed by atoms with van der Waals surface area (Å²) in [6.45, 7) is 28.8. The molecule has 3 aliphatic rings. The third-order valence-corrected chi connectivity index (χ3v) is 12.2. The van der Waals surface area contributed by atoms with Gasteiger partial charge >= 0.3 is 35.3 Å². The van der Waals surface area contributed by atoms with E-state index in [-0.39, 0.29) is 54.0 Å². The molecule has 18 nitrogen and oxygen atoms in total. The van der Waals surface area contributed by atoms with Crippen LogP contribution in [0.4, 0.5) is 14.4 Å². The van der Waals surface area contributed by atoms with Crippen molar-refractivity contribution in [3.63, 3.8) is 0 Å². The van der Waals surface area contributed by atoms with Gasteiger partial charge in [0.25, 0.3) is 0 Å². The van der Waals surface area contributed by atoms with Gasteiger partial charge in [-0.25, -0.2) is 42.5 Å². The van der Waals surface area contributed by atoms with Crippen molar-refractivity contribution in [3.8, 4) is 0 Å². The number of rotatable bonds is 12. The Bertz CT molecular complexity index is 1890. The summed E-state index contributed by atoms with van der Waals surface area (Å²) in [6.07, 6.45) is 2.99. The van der Waals surface area contributed by atoms with Crippen molar-refractivity contribution < 1.29 is 28.9 Å². The highest BCUT2D eigenvalue weighted by atomic mass is 16.7. The summed E-state index contributed by atoms with van der Waals surface area (Å²) in [4.78, 5) is 98.3. The fourth-order valence-electron chi connectivity index (χ4n) is 11.8. The highest BCUT2D eigenvalue weighted by molar-refractivity contribution is 5.80. The van der Waals surface area contributed by atoms with Crippen LogP contribution in [-0.4, -0.2) is 67.2 Å². The molecule has 1 heterocycles. The maximum Gasteiger partial charge on any atom is 0.433 e. The van der Waals surface area contributed by atoms with Gasteiger partial charge in [-0.1, -0.05) is 77.8 Å². The van der Waals surface area contributed by atoms with Gasteiger partial charge < -0.3 is 16.0 Å². The van der Waals surface area contributed by atoms with Crippen LogP contribution in [0.1, 0.15) is 162 Å². The molecular weight excluding hydrogens is 811 g/mol. The van der Waals surface area contributed by atoms with Crippen molar-refractivity contribution in [1.82, 2.24) is 29.7 Å². The van der Waals surface area contributed by atoms with Crippen LogP contribution in [0.15, 0.2) is 29.9 Å². The molecule has 0 spiro atoms. The second kappa shape index (κ2) is 19.1. The van der Waals surface area contributed by atoms with Gasteiger partial charge in [-0.3, -0.25) is 14.5 Å². The lowest BCUT2D eigenvalue weighted by molar-refractivity contribution is 0.0399. The lowest BCUT2D eigenvalue weighted by Gasteiger charge is -2.47. The predicted octanol–water partition coefficient (Wildman–Crippen LogP) is 7.29. The number of hydrogen-bond donors (Lipinski definition) is 3. The number of amides is 3. The van der Waals surface area contributed by atoms with E-state index in [0.29, 0.717) is 74.9 Å². The molecule has 1 aromatic heterocycles. The Morgan fingerprint density at radius 3 is 0.889 bits per heavy atom. The first-order valence-electron chi connectivity index (χ1n) is 22.2. The first kappa shape index (κ1) is 50.9. The maximum atomic E-state index is 14.9. The van der Waals surface area contributed by atoms with Crippen LogP contribution in [0.2, 0.25) is 0 Å². The van der Waals surface area contributed by atoms with E-state index in [1.54, 1.807) is 41.5 Å². The van der Waals surface area contributed by atoms with Crippen molar-refractivity contribution in [3.05, 3.63) is 31.5 Å². The summed E-state index contributed by atoms with van der Waals surface area (Å²) in [7, 11) is 0. The number of oxime groups is 3. The predicted molar refractivity (Wildman–Crippen MR) is 243 cm³/mol. The molecule has 3 aliphatic carbocycles. The maximum absolute atomic E-state index is 14.9. The largest absolute Gasteiger partial charge is 0.433 e. The molecule has 6 atom stereocenters. The van der Waals surface area contributed by atoms with E-state index in [4.69, 9.17) is 14.5 Å². The normalized spacial score (nSPS) is 28.3. The van der Waals surface area contributed by atoms with E-state index >= 15 is 0 Å². The summed E-state index contributed by atoms with van der Waals surface area (Å²) >= 11 is 0. The summed E-state index contributed by atoms with van der Waals surface area (Å²) in [5.74, 6) is 0. The molecule has 3 N–H and O–H groups in total. The van der Waals surface area contributed by atoms with Gasteiger partial charge in [0, 0.05) is 37.8 Å². The lowest BCUT2D eigenvalue weighted by atomic mass is 9.62. The molecule has 0 saturated heterocycles. The Kier molecular flexibility index (Phi) is 15.5. The summed E-state index contributed by atoms with van der Waals surface area (Å²) < 4.78 is 3.61. The number of nitrogens with one attached hydrogen (secondary N) is 3. The van der Waals surface area contributed by atoms with Crippen LogP contribution in [0, 0.1) is 32.5 Å². The van der Waals surface area contributed by atoms with Crippen LogP contribution in [0.25, 0.3) is 0 Å². The zero-order valence-electron chi connectivity index (χ0n) is 40.6.